The van der Waals surface area contributed by atoms with Gasteiger partial charge in [0.15, 0.2) is 5.78 Å². The number of nitrogens with two attached hydrogens (primary N) is 2. The normalized spacial score (nSPS) is 20.1. The highest BCUT2D eigenvalue weighted by Crippen LogP contribution is 2.50. The van der Waals surface area contributed by atoms with Crippen molar-refractivity contribution in [3.8, 4) is 11.8 Å². The van der Waals surface area contributed by atoms with Crippen LogP contribution >= 0.6 is 0 Å². The van der Waals surface area contributed by atoms with Crippen molar-refractivity contribution in [2.24, 2.45) is 16.3 Å². The largest absolute Gasteiger partial charge is 0.497 e. The Morgan fingerprint density at radius 3 is 2.24 bits per heavy atom. The summed E-state index contributed by atoms with van der Waals surface area (Å²) >= 11 is 0. The molecular weight excluding hydrogens is 452 g/mol. The van der Waals surface area contributed by atoms with E-state index in [1.54, 1.807) is 36.3 Å². The summed E-state index contributed by atoms with van der Waals surface area (Å²) in [5.41, 5.74) is 9.08. The molecule has 34 heavy (non-hydrogen) atoms. The molecule has 1 aliphatic carbocycles. The average molecular weight is 479 g/mol. The lowest BCUT2D eigenvalue weighted by atomic mass is 9.68. The van der Waals surface area contributed by atoms with Crippen LogP contribution < -0.4 is 20.5 Å². The standard InChI is InChI=1S/C25H26N4O4S/c1-25(2)12-20-23(21(30)13-25)22(15-4-10-18(11-5-15)34(28,31)32)19(14-26)24(27)29(20)16-6-8-17(33-3)9-7-16/h4-11,22H,12-13,27H2,1-3H3,(H2,28,31,32)/t22-/m0/s1. The molecule has 0 bridgehead atoms. The van der Waals surface area contributed by atoms with Gasteiger partial charge in [-0.25, -0.2) is 13.6 Å². The van der Waals surface area contributed by atoms with Crippen molar-refractivity contribution in [1.82, 2.24) is 0 Å². The maximum Gasteiger partial charge on any atom is 0.238 e. The summed E-state index contributed by atoms with van der Waals surface area (Å²) < 4.78 is 28.7. The number of nitriles is 1. The highest BCUT2D eigenvalue weighted by atomic mass is 32.2. The van der Waals surface area contributed by atoms with Gasteiger partial charge in [-0.1, -0.05) is 26.0 Å². The summed E-state index contributed by atoms with van der Waals surface area (Å²) in [6.45, 7) is 4.05. The number of nitrogens with zero attached hydrogens (tertiary/aromatic N) is 2. The fourth-order valence-corrected chi connectivity index (χ4v) is 5.23. The second-order valence-corrected chi connectivity index (χ2v) is 10.9. The second kappa shape index (κ2) is 8.31. The third-order valence-corrected chi connectivity index (χ3v) is 7.18. The number of carbonyl (C=O) groups excluding carboxylic acids is 1. The smallest absolute Gasteiger partial charge is 0.238 e. The Kier molecular flexibility index (Phi) is 5.75. The number of ketones is 1. The molecule has 0 fully saturated rings. The first-order valence-corrected chi connectivity index (χ1v) is 12.2. The average Bonchev–Trinajstić information content (AvgIpc) is 2.77. The lowest BCUT2D eigenvalue weighted by Gasteiger charge is -2.43. The van der Waals surface area contributed by atoms with E-state index in [0.717, 1.165) is 5.70 Å². The molecule has 1 aliphatic heterocycles. The lowest BCUT2D eigenvalue weighted by Crippen LogP contribution is -2.42. The van der Waals surface area contributed by atoms with Gasteiger partial charge >= 0.3 is 0 Å². The number of ether oxygens (including phenoxy) is 1. The Morgan fingerprint density at radius 1 is 1.09 bits per heavy atom. The number of methoxy groups -OCH3 is 1. The van der Waals surface area contributed by atoms with Crippen LogP contribution in [0.15, 0.2) is 76.1 Å². The van der Waals surface area contributed by atoms with Crippen molar-refractivity contribution in [1.29, 1.82) is 5.26 Å². The molecule has 2 aromatic rings. The van der Waals surface area contributed by atoms with Gasteiger partial charge in [-0.15, -0.1) is 0 Å². The number of rotatable bonds is 4. The third-order valence-electron chi connectivity index (χ3n) is 6.25. The van der Waals surface area contributed by atoms with Crippen LogP contribution in [0.1, 0.15) is 38.2 Å². The number of anilines is 1. The molecule has 176 valence electrons. The van der Waals surface area contributed by atoms with Crippen LogP contribution in [-0.4, -0.2) is 21.3 Å². The zero-order valence-corrected chi connectivity index (χ0v) is 20.0. The molecule has 2 aromatic carbocycles. The zero-order valence-electron chi connectivity index (χ0n) is 19.2. The van der Waals surface area contributed by atoms with Crippen molar-refractivity contribution in [2.45, 2.75) is 37.5 Å². The predicted octanol–water partition coefficient (Wildman–Crippen LogP) is 3.28. The predicted molar refractivity (Wildman–Crippen MR) is 128 cm³/mol. The number of primary sulfonamides is 1. The van der Waals surface area contributed by atoms with Gasteiger partial charge in [0.25, 0.3) is 0 Å². The van der Waals surface area contributed by atoms with E-state index in [2.05, 4.69) is 6.07 Å². The van der Waals surface area contributed by atoms with E-state index in [1.807, 2.05) is 26.0 Å². The van der Waals surface area contributed by atoms with Crippen LogP contribution in [0, 0.1) is 16.7 Å². The monoisotopic (exact) mass is 478 g/mol. The Morgan fingerprint density at radius 2 is 1.71 bits per heavy atom. The van der Waals surface area contributed by atoms with E-state index in [1.165, 1.54) is 12.1 Å². The topological polar surface area (TPSA) is 140 Å². The molecule has 0 saturated carbocycles. The molecule has 2 aliphatic rings. The van der Waals surface area contributed by atoms with Crippen LogP contribution in [0.4, 0.5) is 5.69 Å². The van der Waals surface area contributed by atoms with E-state index in [0.29, 0.717) is 35.4 Å². The minimum Gasteiger partial charge on any atom is -0.497 e. The first kappa shape index (κ1) is 23.5. The van der Waals surface area contributed by atoms with Crippen molar-refractivity contribution in [2.75, 3.05) is 12.0 Å². The molecular formula is C25H26N4O4S. The summed E-state index contributed by atoms with van der Waals surface area (Å²) in [6.07, 6.45) is 0.901. The summed E-state index contributed by atoms with van der Waals surface area (Å²) in [5.74, 6) is 0.140. The molecule has 1 heterocycles. The maximum atomic E-state index is 13.5. The first-order chi connectivity index (χ1) is 16.0. The van der Waals surface area contributed by atoms with E-state index in [-0.39, 0.29) is 27.5 Å². The van der Waals surface area contributed by atoms with Crippen LogP contribution in [0.2, 0.25) is 0 Å². The van der Waals surface area contributed by atoms with E-state index >= 15 is 0 Å². The fourth-order valence-electron chi connectivity index (χ4n) is 4.72. The van der Waals surface area contributed by atoms with Gasteiger partial charge in [0.05, 0.1) is 29.6 Å². The highest BCUT2D eigenvalue weighted by Gasteiger charge is 2.44. The fraction of sp³-hybridized carbons (Fsp3) is 0.280. The molecule has 0 amide bonds. The Bertz CT molecular complexity index is 1370. The molecule has 1 atom stereocenters. The van der Waals surface area contributed by atoms with Crippen molar-refractivity contribution in [3.63, 3.8) is 0 Å². The van der Waals surface area contributed by atoms with Gasteiger partial charge in [0.1, 0.15) is 11.6 Å². The van der Waals surface area contributed by atoms with Crippen LogP contribution in [0.25, 0.3) is 0 Å². The Balaban J connectivity index is 1.94. The minimum atomic E-state index is -3.88. The Hall–Kier alpha value is -3.61. The quantitative estimate of drug-likeness (QED) is 0.687. The number of carbonyl (C=O) groups is 1. The zero-order chi connectivity index (χ0) is 24.8. The van der Waals surface area contributed by atoms with Crippen LogP contribution in [0.5, 0.6) is 5.75 Å². The van der Waals surface area contributed by atoms with Gasteiger partial charge < -0.3 is 10.5 Å². The second-order valence-electron chi connectivity index (χ2n) is 9.29. The highest BCUT2D eigenvalue weighted by molar-refractivity contribution is 7.89. The van der Waals surface area contributed by atoms with E-state index < -0.39 is 15.9 Å². The maximum absolute atomic E-state index is 13.5. The van der Waals surface area contributed by atoms with Gasteiger partial charge in [0.2, 0.25) is 10.0 Å². The number of hydrogen-bond acceptors (Lipinski definition) is 7. The molecule has 0 aromatic heterocycles. The number of allylic oxidation sites excluding steroid dienone is 3. The lowest BCUT2D eigenvalue weighted by molar-refractivity contribution is -0.118. The first-order valence-electron chi connectivity index (χ1n) is 10.7. The molecule has 0 unspecified atom stereocenters. The van der Waals surface area contributed by atoms with Crippen molar-refractivity contribution >= 4 is 21.5 Å². The van der Waals surface area contributed by atoms with Crippen LogP contribution in [0.3, 0.4) is 0 Å². The van der Waals surface area contributed by atoms with Crippen molar-refractivity contribution in [3.05, 3.63) is 76.8 Å². The van der Waals surface area contributed by atoms with Gasteiger partial charge in [0, 0.05) is 23.4 Å². The SMILES string of the molecule is COc1ccc(N2C(N)=C(C#N)[C@H](c3ccc(S(N)(=O)=O)cc3)C3=C2CC(C)(C)CC3=O)cc1. The Labute approximate surface area is 199 Å². The number of sulfonamides is 1. The number of hydrogen-bond donors (Lipinski definition) is 2. The van der Waals surface area contributed by atoms with E-state index in [4.69, 9.17) is 15.6 Å². The summed E-state index contributed by atoms with van der Waals surface area (Å²) in [4.78, 5) is 15.2. The van der Waals surface area contributed by atoms with Crippen LogP contribution in [-0.2, 0) is 14.8 Å². The molecule has 0 saturated heterocycles. The molecule has 9 heteroatoms. The van der Waals surface area contributed by atoms with Gasteiger partial charge in [-0.3, -0.25) is 9.69 Å². The molecule has 0 radical (unpaired) electrons. The molecule has 4 N–H and O–H groups in total. The number of Topliss-reactive ketones (excluding diaryl/α,β-unsaturated/α-hetero) is 1. The number of benzene rings is 2. The summed E-state index contributed by atoms with van der Waals surface area (Å²) in [7, 11) is -2.30. The third kappa shape index (κ3) is 4.06. The van der Waals surface area contributed by atoms with Gasteiger partial charge in [-0.05, 0) is 53.8 Å². The molecule has 0 spiro atoms. The van der Waals surface area contributed by atoms with Crippen molar-refractivity contribution < 1.29 is 17.9 Å². The molecule has 8 nitrogen and oxygen atoms in total. The summed E-state index contributed by atoms with van der Waals surface area (Å²) in [5, 5.41) is 15.4. The minimum absolute atomic E-state index is 0.0484. The van der Waals surface area contributed by atoms with E-state index in [9.17, 15) is 18.5 Å². The summed E-state index contributed by atoms with van der Waals surface area (Å²) in [6, 6.07) is 15.4. The van der Waals surface area contributed by atoms with Gasteiger partial charge in [-0.2, -0.15) is 5.26 Å². The molecule has 4 rings (SSSR count).